The number of aromatic amines is 1. The number of hydrogen-bond donors (Lipinski definition) is 3. The second-order valence-electron chi connectivity index (χ2n) is 11.0. The van der Waals surface area contributed by atoms with Crippen LogP contribution < -0.4 is 16.2 Å². The molecule has 0 saturated heterocycles. The predicted octanol–water partition coefficient (Wildman–Crippen LogP) is 5.73. The third-order valence-electron chi connectivity index (χ3n) is 8.59. The number of anilines is 1. The molecule has 1 atom stereocenters. The second-order valence-corrected chi connectivity index (χ2v) is 11.4. The number of aromatic nitrogens is 1. The van der Waals surface area contributed by atoms with E-state index in [0.29, 0.717) is 34.2 Å². The van der Waals surface area contributed by atoms with Crippen LogP contribution in [0.2, 0.25) is 5.02 Å². The smallest absolute Gasteiger partial charge is 0.253 e. The van der Waals surface area contributed by atoms with Gasteiger partial charge in [0.25, 0.3) is 11.5 Å². The van der Waals surface area contributed by atoms with Gasteiger partial charge in [-0.3, -0.25) is 9.59 Å². The topological polar surface area (TPSA) is 77.2 Å². The minimum atomic E-state index is -0.232. The molecule has 2 aromatic rings. The van der Waals surface area contributed by atoms with Gasteiger partial charge in [0.05, 0.1) is 0 Å². The molecule has 4 rings (SSSR count). The van der Waals surface area contributed by atoms with E-state index in [0.717, 1.165) is 28.6 Å². The Balaban J connectivity index is 1.39. The average molecular weight is 513 g/mol. The first-order valence-electron chi connectivity index (χ1n) is 13.4. The highest BCUT2D eigenvalue weighted by Gasteiger charge is 2.32. The Hall–Kier alpha value is -2.31. The number of benzene rings is 1. The molecule has 1 heterocycles. The van der Waals surface area contributed by atoms with Crippen LogP contribution in [0.25, 0.3) is 0 Å². The predicted molar refractivity (Wildman–Crippen MR) is 148 cm³/mol. The maximum atomic E-state index is 13.1. The first kappa shape index (κ1) is 26.7. The second kappa shape index (κ2) is 11.4. The van der Waals surface area contributed by atoms with Crippen LogP contribution in [-0.4, -0.2) is 41.0 Å². The summed E-state index contributed by atoms with van der Waals surface area (Å²) in [6.07, 6.45) is 9.04. The molecule has 2 saturated carbocycles. The van der Waals surface area contributed by atoms with Crippen LogP contribution in [0.4, 0.5) is 5.69 Å². The van der Waals surface area contributed by atoms with Crippen molar-refractivity contribution in [2.75, 3.05) is 12.4 Å². The fourth-order valence-electron chi connectivity index (χ4n) is 5.89. The quantitative estimate of drug-likeness (QED) is 0.422. The van der Waals surface area contributed by atoms with E-state index in [4.69, 9.17) is 11.6 Å². The molecule has 2 fully saturated rings. The molecule has 1 aromatic carbocycles. The molecule has 1 aromatic heterocycles. The number of H-pyrrole nitrogens is 1. The van der Waals surface area contributed by atoms with Crippen molar-refractivity contribution in [2.45, 2.75) is 97.3 Å². The number of rotatable bonds is 8. The van der Waals surface area contributed by atoms with Crippen molar-refractivity contribution >= 4 is 23.2 Å². The number of hydrogen-bond acceptors (Lipinski definition) is 4. The van der Waals surface area contributed by atoms with Gasteiger partial charge in [-0.2, -0.15) is 0 Å². The molecule has 2 aliphatic carbocycles. The number of amides is 1. The summed E-state index contributed by atoms with van der Waals surface area (Å²) in [5, 5.41) is 7.11. The van der Waals surface area contributed by atoms with Gasteiger partial charge < -0.3 is 20.5 Å². The third kappa shape index (κ3) is 5.97. The zero-order valence-electron chi connectivity index (χ0n) is 22.3. The van der Waals surface area contributed by atoms with Crippen LogP contribution in [0.1, 0.15) is 84.6 Å². The van der Waals surface area contributed by atoms with Gasteiger partial charge in [-0.25, -0.2) is 0 Å². The van der Waals surface area contributed by atoms with Gasteiger partial charge in [0, 0.05) is 52.2 Å². The summed E-state index contributed by atoms with van der Waals surface area (Å²) in [7, 11) is 2.31. The van der Waals surface area contributed by atoms with Crippen LogP contribution in [-0.2, 0) is 6.54 Å². The molecule has 6 nitrogen and oxygen atoms in total. The summed E-state index contributed by atoms with van der Waals surface area (Å²) in [5.41, 5.74) is 4.38. The van der Waals surface area contributed by atoms with Crippen molar-refractivity contribution in [3.05, 3.63) is 61.5 Å². The van der Waals surface area contributed by atoms with Gasteiger partial charge in [0.1, 0.15) is 0 Å². The molecule has 7 heteroatoms. The van der Waals surface area contributed by atoms with Crippen LogP contribution in [0.3, 0.4) is 0 Å². The van der Waals surface area contributed by atoms with Gasteiger partial charge >= 0.3 is 0 Å². The molecule has 1 amide bonds. The van der Waals surface area contributed by atoms with Gasteiger partial charge in [-0.1, -0.05) is 18.0 Å². The van der Waals surface area contributed by atoms with E-state index in [1.54, 1.807) is 6.07 Å². The Labute approximate surface area is 220 Å². The fraction of sp³-hybridized carbons (Fsp3) is 0.586. The van der Waals surface area contributed by atoms with Crippen LogP contribution in [0.5, 0.6) is 0 Å². The van der Waals surface area contributed by atoms with E-state index in [-0.39, 0.29) is 18.0 Å². The van der Waals surface area contributed by atoms with Crippen LogP contribution >= 0.6 is 11.6 Å². The summed E-state index contributed by atoms with van der Waals surface area (Å²) >= 11 is 6.44. The maximum Gasteiger partial charge on any atom is 0.253 e. The number of nitrogens with one attached hydrogen (secondary N) is 3. The fourth-order valence-corrected chi connectivity index (χ4v) is 6.11. The monoisotopic (exact) mass is 512 g/mol. The minimum absolute atomic E-state index is 0.166. The molecule has 196 valence electrons. The summed E-state index contributed by atoms with van der Waals surface area (Å²) < 4.78 is 0. The van der Waals surface area contributed by atoms with Gasteiger partial charge in [-0.05, 0) is 109 Å². The zero-order valence-corrected chi connectivity index (χ0v) is 23.1. The van der Waals surface area contributed by atoms with E-state index in [2.05, 4.69) is 34.5 Å². The Morgan fingerprint density at radius 1 is 1.08 bits per heavy atom. The average Bonchev–Trinajstić information content (AvgIpc) is 2.79. The molecule has 36 heavy (non-hydrogen) atoms. The van der Waals surface area contributed by atoms with Crippen molar-refractivity contribution in [2.24, 2.45) is 5.92 Å². The van der Waals surface area contributed by atoms with E-state index in [1.807, 2.05) is 32.9 Å². The van der Waals surface area contributed by atoms with E-state index in [1.165, 1.54) is 44.9 Å². The standard InChI is InChI=1S/C29H41ClN4O2/c1-17-13-18(2)32-29(36)26(17)16-31-28(35)25-14-22(30)15-27(19(25)3)33-20(4)21-9-11-24(12-10-21)34(5)23-7-6-8-23/h13-15,20-21,23-24,33H,6-12,16H2,1-5H3,(H,31,35)(H,32,36)/t20?,21-,24-. The molecule has 0 radical (unpaired) electrons. The summed E-state index contributed by atoms with van der Waals surface area (Å²) in [4.78, 5) is 30.9. The first-order valence-corrected chi connectivity index (χ1v) is 13.8. The molecule has 0 bridgehead atoms. The Bertz CT molecular complexity index is 1150. The van der Waals surface area contributed by atoms with Crippen LogP contribution in [0.15, 0.2) is 23.0 Å². The highest BCUT2D eigenvalue weighted by atomic mass is 35.5. The van der Waals surface area contributed by atoms with Crippen molar-refractivity contribution in [1.82, 2.24) is 15.2 Å². The number of pyridine rings is 1. The Morgan fingerprint density at radius 2 is 1.75 bits per heavy atom. The lowest BCUT2D eigenvalue weighted by atomic mass is 9.80. The van der Waals surface area contributed by atoms with Crippen molar-refractivity contribution in [3.8, 4) is 0 Å². The summed E-state index contributed by atoms with van der Waals surface area (Å²) in [6, 6.07) is 7.34. The molecular weight excluding hydrogens is 472 g/mol. The van der Waals surface area contributed by atoms with Gasteiger partial charge in [0.15, 0.2) is 0 Å². The lowest BCUT2D eigenvalue weighted by Gasteiger charge is -2.43. The van der Waals surface area contributed by atoms with Crippen molar-refractivity contribution in [1.29, 1.82) is 0 Å². The van der Waals surface area contributed by atoms with E-state index >= 15 is 0 Å². The zero-order chi connectivity index (χ0) is 26.0. The summed E-state index contributed by atoms with van der Waals surface area (Å²) in [5.74, 6) is 0.368. The lowest BCUT2D eigenvalue weighted by molar-refractivity contribution is 0.0755. The number of nitrogens with zero attached hydrogens (tertiary/aromatic N) is 1. The van der Waals surface area contributed by atoms with Crippen LogP contribution in [0, 0.1) is 26.7 Å². The molecule has 1 unspecified atom stereocenters. The lowest BCUT2D eigenvalue weighted by Crippen LogP contribution is -2.46. The van der Waals surface area contributed by atoms with E-state index < -0.39 is 0 Å². The first-order chi connectivity index (χ1) is 17.1. The molecule has 2 aliphatic rings. The SMILES string of the molecule is Cc1cc(C)c(CNC(=O)c2cc(Cl)cc(NC(C)[C@H]3CC[C@H](N(C)C4CCC4)CC3)c2C)c(=O)[nH]1. The molecule has 0 spiro atoms. The molecule has 0 aliphatic heterocycles. The van der Waals surface area contributed by atoms with Gasteiger partial charge in [0.2, 0.25) is 0 Å². The van der Waals surface area contributed by atoms with Crippen molar-refractivity contribution in [3.63, 3.8) is 0 Å². The normalized spacial score (nSPS) is 21.2. The van der Waals surface area contributed by atoms with Crippen molar-refractivity contribution < 1.29 is 4.79 Å². The van der Waals surface area contributed by atoms with E-state index in [9.17, 15) is 9.59 Å². The number of carbonyl (C=O) groups excluding carboxylic acids is 1. The third-order valence-corrected chi connectivity index (χ3v) is 8.81. The number of carbonyl (C=O) groups is 1. The summed E-state index contributed by atoms with van der Waals surface area (Å²) in [6.45, 7) is 8.10. The Morgan fingerprint density at radius 3 is 2.36 bits per heavy atom. The highest BCUT2D eigenvalue weighted by Crippen LogP contribution is 2.35. The largest absolute Gasteiger partial charge is 0.382 e. The number of halogens is 1. The Kier molecular flexibility index (Phi) is 8.46. The highest BCUT2D eigenvalue weighted by molar-refractivity contribution is 6.31. The minimum Gasteiger partial charge on any atom is -0.382 e. The van der Waals surface area contributed by atoms with Gasteiger partial charge in [-0.15, -0.1) is 0 Å². The molecule has 3 N–H and O–H groups in total. The number of aryl methyl sites for hydroxylation is 2. The molecular formula is C29H41ClN4O2. The maximum absolute atomic E-state index is 13.1.